The molecular formula is C39H34BBrN2O8. The number of fused-ring (bicyclic) bond motifs is 3. The van der Waals surface area contributed by atoms with Crippen LogP contribution in [0.25, 0.3) is 11.6 Å². The maximum Gasteiger partial charge on any atom is 0.455 e. The second kappa shape index (κ2) is 14.7. The number of phenolic OH excluding ortho intramolecular Hbond substituents is 1. The zero-order valence-corrected chi connectivity index (χ0v) is 29.0. The third-order valence-electron chi connectivity index (χ3n) is 9.90. The minimum Gasteiger partial charge on any atom is -0.507 e. The lowest BCUT2D eigenvalue weighted by Gasteiger charge is -2.43. The van der Waals surface area contributed by atoms with Gasteiger partial charge in [-0.3, -0.25) is 19.7 Å². The Morgan fingerprint density at radius 2 is 1.73 bits per heavy atom. The molecule has 51 heavy (non-hydrogen) atoms. The summed E-state index contributed by atoms with van der Waals surface area (Å²) in [5, 5.41) is 33.3. The number of halogens is 1. The zero-order chi connectivity index (χ0) is 35.6. The van der Waals surface area contributed by atoms with Crippen LogP contribution in [0.15, 0.2) is 119 Å². The van der Waals surface area contributed by atoms with Gasteiger partial charge in [0.15, 0.2) is 0 Å². The summed E-state index contributed by atoms with van der Waals surface area (Å²) in [5.41, 5.74) is 4.13. The first-order valence-corrected chi connectivity index (χ1v) is 17.6. The second-order valence-electron chi connectivity index (χ2n) is 13.0. The summed E-state index contributed by atoms with van der Waals surface area (Å²) in [7, 11) is -1.19. The zero-order valence-electron chi connectivity index (χ0n) is 27.4. The summed E-state index contributed by atoms with van der Waals surface area (Å²) in [6.45, 7) is 0.153. The number of rotatable bonds is 10. The van der Waals surface area contributed by atoms with Crippen LogP contribution in [0.2, 0.25) is 6.32 Å². The van der Waals surface area contributed by atoms with E-state index in [9.17, 15) is 29.8 Å². The fourth-order valence-corrected chi connectivity index (χ4v) is 8.03. The Kier molecular flexibility index (Phi) is 9.90. The quantitative estimate of drug-likeness (QED) is 0.0426. The molecule has 4 atom stereocenters. The van der Waals surface area contributed by atoms with Gasteiger partial charge in [-0.05, 0) is 96.3 Å². The highest BCUT2D eigenvalue weighted by molar-refractivity contribution is 9.10. The van der Waals surface area contributed by atoms with Crippen LogP contribution in [-0.2, 0) is 14.2 Å². The van der Waals surface area contributed by atoms with Crippen LogP contribution in [0.1, 0.15) is 30.4 Å². The molecule has 2 amide bonds. The number of anilines is 1. The van der Waals surface area contributed by atoms with Crippen molar-refractivity contribution in [3.63, 3.8) is 0 Å². The highest BCUT2D eigenvalue weighted by Crippen LogP contribution is 2.51. The first kappa shape index (κ1) is 34.4. The van der Waals surface area contributed by atoms with Crippen molar-refractivity contribution in [3.05, 3.63) is 140 Å². The summed E-state index contributed by atoms with van der Waals surface area (Å²) in [5.74, 6) is -2.13. The number of nitrogens with zero attached hydrogens (tertiary/aromatic N) is 2. The number of para-hydroxylation sites is 1. The van der Waals surface area contributed by atoms with Gasteiger partial charge in [-0.15, -0.1) is 0 Å². The Hall–Kier alpha value is -5.04. The van der Waals surface area contributed by atoms with Gasteiger partial charge in [0.25, 0.3) is 5.69 Å². The molecule has 10 nitrogen and oxygen atoms in total. The summed E-state index contributed by atoms with van der Waals surface area (Å²) < 4.78 is 13.3. The molecule has 2 fully saturated rings. The standard InChI is InChI=1S/C39H34BBrN2O8/c41-28-15-16-34(44)26(19-28)18-25(24-8-3-1-4-9-24)14-17-35-36-27(23-50-31-12-5-2-6-13-31)20-32-37(33(36)22-40(47)51-35)39(46)42(38(32)45)29-10-7-11-30(21-29)43(48)49/h1-13,15-16,18-19,21,32-33,35,37,44,47H,14,17,20,22-23H2/b25-18-/t32-,33+,35-,37-/m1/s1. The summed E-state index contributed by atoms with van der Waals surface area (Å²) in [6.07, 6.45) is 2.61. The van der Waals surface area contributed by atoms with Gasteiger partial charge in [0.2, 0.25) is 11.8 Å². The highest BCUT2D eigenvalue weighted by atomic mass is 79.9. The van der Waals surface area contributed by atoms with E-state index in [-0.39, 0.29) is 36.5 Å². The van der Waals surface area contributed by atoms with Crippen molar-refractivity contribution in [1.82, 2.24) is 0 Å². The van der Waals surface area contributed by atoms with E-state index >= 15 is 0 Å². The van der Waals surface area contributed by atoms with Crippen molar-refractivity contribution in [2.24, 2.45) is 17.8 Å². The molecule has 0 unspecified atom stereocenters. The Balaban J connectivity index is 1.25. The SMILES string of the molecule is O=C1[C@@H]2[C@@H](CC(COc3ccccc3)=C3[C@@H](CC/C(=C/c4cc(Br)ccc4O)c4ccccc4)OB(O)C[C@@H]32)C(=O)N1c1cccc([N+](=O)[O-])c1. The molecule has 0 radical (unpaired) electrons. The predicted octanol–water partition coefficient (Wildman–Crippen LogP) is 7.46. The average molecular weight is 749 g/mol. The third-order valence-corrected chi connectivity index (χ3v) is 10.4. The number of nitro groups is 1. The van der Waals surface area contributed by atoms with Gasteiger partial charge >= 0.3 is 7.12 Å². The van der Waals surface area contributed by atoms with Crippen LogP contribution in [0.5, 0.6) is 11.5 Å². The highest BCUT2D eigenvalue weighted by Gasteiger charge is 2.57. The number of aromatic hydroxyl groups is 1. The molecule has 4 aromatic rings. The minimum absolute atomic E-state index is 0.108. The lowest BCUT2D eigenvalue weighted by atomic mass is 9.58. The van der Waals surface area contributed by atoms with Crippen LogP contribution in [0.3, 0.4) is 0 Å². The smallest absolute Gasteiger partial charge is 0.455 e. The number of allylic oxidation sites excluding steroid dienone is 1. The topological polar surface area (TPSA) is 139 Å². The Labute approximate surface area is 303 Å². The summed E-state index contributed by atoms with van der Waals surface area (Å²) >= 11 is 3.50. The molecule has 0 bridgehead atoms. The van der Waals surface area contributed by atoms with Crippen molar-refractivity contribution in [3.8, 4) is 11.5 Å². The molecular weight excluding hydrogens is 715 g/mol. The summed E-state index contributed by atoms with van der Waals surface area (Å²) in [6, 6.07) is 29.9. The molecule has 2 heterocycles. The second-order valence-corrected chi connectivity index (χ2v) is 13.9. The van der Waals surface area contributed by atoms with E-state index < -0.39 is 47.7 Å². The summed E-state index contributed by atoms with van der Waals surface area (Å²) in [4.78, 5) is 40.3. The van der Waals surface area contributed by atoms with Crippen LogP contribution in [-0.4, -0.2) is 46.7 Å². The van der Waals surface area contributed by atoms with E-state index in [1.54, 1.807) is 12.1 Å². The average Bonchev–Trinajstić information content (AvgIpc) is 3.39. The minimum atomic E-state index is -1.19. The van der Waals surface area contributed by atoms with E-state index in [4.69, 9.17) is 9.39 Å². The fourth-order valence-electron chi connectivity index (χ4n) is 7.65. The van der Waals surface area contributed by atoms with Gasteiger partial charge in [0.05, 0.1) is 28.6 Å². The van der Waals surface area contributed by atoms with Crippen LogP contribution >= 0.6 is 15.9 Å². The number of non-ortho nitro benzene ring substituents is 1. The van der Waals surface area contributed by atoms with Gasteiger partial charge in [0, 0.05) is 22.2 Å². The molecule has 258 valence electrons. The van der Waals surface area contributed by atoms with Gasteiger partial charge in [0.1, 0.15) is 18.1 Å². The lowest BCUT2D eigenvalue weighted by molar-refractivity contribution is -0.384. The van der Waals surface area contributed by atoms with E-state index in [0.717, 1.165) is 31.7 Å². The Morgan fingerprint density at radius 3 is 2.47 bits per heavy atom. The molecule has 3 aliphatic rings. The van der Waals surface area contributed by atoms with Crippen LogP contribution in [0.4, 0.5) is 11.4 Å². The molecule has 0 saturated carbocycles. The number of hydrogen-bond donors (Lipinski definition) is 2. The number of imide groups is 1. The number of hydrogen-bond acceptors (Lipinski definition) is 8. The number of phenols is 1. The van der Waals surface area contributed by atoms with Crippen molar-refractivity contribution in [2.75, 3.05) is 11.5 Å². The van der Waals surface area contributed by atoms with Gasteiger partial charge in [-0.25, -0.2) is 4.90 Å². The van der Waals surface area contributed by atoms with Crippen LogP contribution in [0, 0.1) is 27.9 Å². The molecule has 0 spiro atoms. The van der Waals surface area contributed by atoms with Crippen molar-refractivity contribution in [1.29, 1.82) is 0 Å². The molecule has 2 aliphatic heterocycles. The molecule has 7 rings (SSSR count). The van der Waals surface area contributed by atoms with Crippen molar-refractivity contribution < 1.29 is 34.0 Å². The largest absolute Gasteiger partial charge is 0.507 e. The fraction of sp³-hybridized carbons (Fsp3) is 0.231. The van der Waals surface area contributed by atoms with Crippen molar-refractivity contribution in [2.45, 2.75) is 31.7 Å². The number of carbonyl (C=O) groups excluding carboxylic acids is 2. The maximum absolute atomic E-state index is 14.2. The normalized spacial score (nSPS) is 21.8. The number of ether oxygens (including phenoxy) is 1. The Morgan fingerprint density at radius 1 is 0.980 bits per heavy atom. The van der Waals surface area contributed by atoms with Gasteiger partial charge in [-0.2, -0.15) is 0 Å². The monoisotopic (exact) mass is 748 g/mol. The molecule has 1 aliphatic carbocycles. The van der Waals surface area contributed by atoms with Gasteiger partial charge in [-0.1, -0.05) is 70.5 Å². The van der Waals surface area contributed by atoms with Crippen LogP contribution < -0.4 is 9.64 Å². The van der Waals surface area contributed by atoms with E-state index in [1.807, 2.05) is 72.8 Å². The van der Waals surface area contributed by atoms with E-state index in [0.29, 0.717) is 24.2 Å². The molecule has 4 aromatic carbocycles. The first-order chi connectivity index (χ1) is 24.7. The Bertz CT molecular complexity index is 2040. The van der Waals surface area contributed by atoms with Crippen molar-refractivity contribution >= 4 is 57.9 Å². The number of amides is 2. The van der Waals surface area contributed by atoms with E-state index in [1.165, 1.54) is 24.3 Å². The number of benzene rings is 4. The first-order valence-electron chi connectivity index (χ1n) is 16.8. The molecule has 0 aromatic heterocycles. The molecule has 12 heteroatoms. The number of nitro benzene ring substituents is 1. The lowest BCUT2D eigenvalue weighted by Crippen LogP contribution is -2.46. The van der Waals surface area contributed by atoms with Gasteiger partial charge < -0.3 is 19.5 Å². The number of carbonyl (C=O) groups is 2. The maximum atomic E-state index is 14.2. The molecule has 2 N–H and O–H groups in total. The van der Waals surface area contributed by atoms with E-state index in [2.05, 4.69) is 15.9 Å². The molecule has 2 saturated heterocycles. The third kappa shape index (κ3) is 7.12. The predicted molar refractivity (Wildman–Crippen MR) is 197 cm³/mol.